The van der Waals surface area contributed by atoms with E-state index < -0.39 is 22.0 Å². The number of nitrogens with one attached hydrogen (secondary N) is 2. The number of anilines is 1. The first kappa shape index (κ1) is 19.0. The van der Waals surface area contributed by atoms with Gasteiger partial charge in [-0.3, -0.25) is 0 Å². The van der Waals surface area contributed by atoms with Gasteiger partial charge >= 0.3 is 5.97 Å². The number of aromatic carboxylic acids is 1. The molecule has 0 amide bonds. The standard InChI is InChI=1S/C18H22N2O4S/c1-3-11-19-16-10-9-15(18(21)22)12-17(16)25(23,24)20-13(2)14-7-5-4-6-8-14/h4-10,12-13,19-20H,3,11H2,1-2H3,(H,21,22). The molecule has 6 nitrogen and oxygen atoms in total. The fraction of sp³-hybridized carbons (Fsp3) is 0.278. The molecular weight excluding hydrogens is 340 g/mol. The number of benzene rings is 2. The molecule has 0 fully saturated rings. The Labute approximate surface area is 147 Å². The van der Waals surface area contributed by atoms with E-state index in [-0.39, 0.29) is 10.5 Å². The van der Waals surface area contributed by atoms with E-state index in [1.807, 2.05) is 37.3 Å². The van der Waals surface area contributed by atoms with Gasteiger partial charge in [0, 0.05) is 12.6 Å². The number of rotatable bonds is 8. The summed E-state index contributed by atoms with van der Waals surface area (Å²) in [6, 6.07) is 12.8. The minimum Gasteiger partial charge on any atom is -0.478 e. The van der Waals surface area contributed by atoms with Gasteiger partial charge in [-0.25, -0.2) is 17.9 Å². The normalized spacial score (nSPS) is 12.6. The molecule has 2 aromatic rings. The lowest BCUT2D eigenvalue weighted by Crippen LogP contribution is -2.28. The number of carboxylic acids is 1. The zero-order chi connectivity index (χ0) is 18.4. The molecule has 3 N–H and O–H groups in total. The Hall–Kier alpha value is -2.38. The van der Waals surface area contributed by atoms with Crippen molar-refractivity contribution in [3.8, 4) is 0 Å². The van der Waals surface area contributed by atoms with Crippen molar-refractivity contribution in [3.63, 3.8) is 0 Å². The Balaban J connectivity index is 2.38. The lowest BCUT2D eigenvalue weighted by Gasteiger charge is -2.17. The van der Waals surface area contributed by atoms with Crippen molar-refractivity contribution in [1.82, 2.24) is 4.72 Å². The molecular formula is C18H22N2O4S. The molecule has 1 atom stereocenters. The third kappa shape index (κ3) is 4.80. The van der Waals surface area contributed by atoms with Crippen LogP contribution >= 0.6 is 0 Å². The van der Waals surface area contributed by atoms with E-state index >= 15 is 0 Å². The van der Waals surface area contributed by atoms with Crippen molar-refractivity contribution in [2.45, 2.75) is 31.2 Å². The van der Waals surface area contributed by atoms with Crippen LogP contribution in [0.5, 0.6) is 0 Å². The van der Waals surface area contributed by atoms with Crippen LogP contribution in [-0.4, -0.2) is 26.0 Å². The molecule has 2 rings (SSSR count). The Morgan fingerprint density at radius 3 is 2.44 bits per heavy atom. The second kappa shape index (κ2) is 8.13. The number of sulfonamides is 1. The molecule has 0 bridgehead atoms. The number of hydrogen-bond donors (Lipinski definition) is 3. The van der Waals surface area contributed by atoms with Crippen LogP contribution in [0.1, 0.15) is 42.2 Å². The molecule has 2 aromatic carbocycles. The van der Waals surface area contributed by atoms with Crippen LogP contribution in [0.4, 0.5) is 5.69 Å². The average molecular weight is 362 g/mol. The number of hydrogen-bond acceptors (Lipinski definition) is 4. The first-order chi connectivity index (χ1) is 11.8. The third-order valence-electron chi connectivity index (χ3n) is 3.72. The summed E-state index contributed by atoms with van der Waals surface area (Å²) in [5.41, 5.74) is 1.14. The van der Waals surface area contributed by atoms with E-state index in [1.54, 1.807) is 6.92 Å². The zero-order valence-electron chi connectivity index (χ0n) is 14.2. The van der Waals surface area contributed by atoms with Gasteiger partial charge in [-0.2, -0.15) is 0 Å². The molecule has 0 aliphatic heterocycles. The van der Waals surface area contributed by atoms with Crippen molar-refractivity contribution in [2.75, 3.05) is 11.9 Å². The number of carboxylic acid groups (broad SMARTS) is 1. The van der Waals surface area contributed by atoms with E-state index in [0.717, 1.165) is 12.0 Å². The van der Waals surface area contributed by atoms with Crippen LogP contribution in [0, 0.1) is 0 Å². The largest absolute Gasteiger partial charge is 0.478 e. The highest BCUT2D eigenvalue weighted by molar-refractivity contribution is 7.89. The smallest absolute Gasteiger partial charge is 0.335 e. The van der Waals surface area contributed by atoms with Crippen LogP contribution < -0.4 is 10.0 Å². The maximum absolute atomic E-state index is 12.8. The summed E-state index contributed by atoms with van der Waals surface area (Å²) < 4.78 is 28.3. The van der Waals surface area contributed by atoms with Crippen molar-refractivity contribution in [2.24, 2.45) is 0 Å². The predicted molar refractivity (Wildman–Crippen MR) is 97.4 cm³/mol. The summed E-state index contributed by atoms with van der Waals surface area (Å²) in [5.74, 6) is -1.17. The van der Waals surface area contributed by atoms with Gasteiger partial charge < -0.3 is 10.4 Å². The molecule has 1 unspecified atom stereocenters. The van der Waals surface area contributed by atoms with Crippen molar-refractivity contribution >= 4 is 21.7 Å². The SMILES string of the molecule is CCCNc1ccc(C(=O)O)cc1S(=O)(=O)NC(C)c1ccccc1. The van der Waals surface area contributed by atoms with Gasteiger partial charge in [-0.1, -0.05) is 37.3 Å². The molecule has 0 saturated carbocycles. The van der Waals surface area contributed by atoms with Crippen LogP contribution in [-0.2, 0) is 10.0 Å². The highest BCUT2D eigenvalue weighted by atomic mass is 32.2. The van der Waals surface area contributed by atoms with Gasteiger partial charge in [0.25, 0.3) is 0 Å². The highest BCUT2D eigenvalue weighted by Gasteiger charge is 2.23. The van der Waals surface area contributed by atoms with E-state index in [9.17, 15) is 13.2 Å². The van der Waals surface area contributed by atoms with E-state index in [0.29, 0.717) is 12.2 Å². The second-order valence-electron chi connectivity index (χ2n) is 5.70. The third-order valence-corrected chi connectivity index (χ3v) is 5.30. The molecule has 7 heteroatoms. The Morgan fingerprint density at radius 2 is 1.84 bits per heavy atom. The predicted octanol–water partition coefficient (Wildman–Crippen LogP) is 3.25. The summed E-state index contributed by atoms with van der Waals surface area (Å²) in [4.78, 5) is 11.1. The number of carbonyl (C=O) groups is 1. The van der Waals surface area contributed by atoms with Crippen LogP contribution in [0.15, 0.2) is 53.4 Å². The van der Waals surface area contributed by atoms with Gasteiger partial charge in [0.1, 0.15) is 4.90 Å². The van der Waals surface area contributed by atoms with Crippen molar-refractivity contribution < 1.29 is 18.3 Å². The highest BCUT2D eigenvalue weighted by Crippen LogP contribution is 2.25. The molecule has 0 heterocycles. The van der Waals surface area contributed by atoms with Crippen molar-refractivity contribution in [1.29, 1.82) is 0 Å². The second-order valence-corrected chi connectivity index (χ2v) is 7.38. The summed E-state index contributed by atoms with van der Waals surface area (Å²) in [6.07, 6.45) is 0.814. The first-order valence-electron chi connectivity index (χ1n) is 8.03. The average Bonchev–Trinajstić information content (AvgIpc) is 2.60. The zero-order valence-corrected chi connectivity index (χ0v) is 15.0. The molecule has 0 aromatic heterocycles. The summed E-state index contributed by atoms with van der Waals surface area (Å²) in [7, 11) is -3.90. The molecule has 0 spiro atoms. The minimum absolute atomic E-state index is 0.0661. The summed E-state index contributed by atoms with van der Waals surface area (Å²) in [5, 5.41) is 12.2. The topological polar surface area (TPSA) is 95.5 Å². The van der Waals surface area contributed by atoms with Gasteiger partial charge in [0.05, 0.1) is 11.3 Å². The quantitative estimate of drug-likeness (QED) is 0.670. The Bertz CT molecular complexity index is 835. The monoisotopic (exact) mass is 362 g/mol. The van der Waals surface area contributed by atoms with Gasteiger partial charge in [0.2, 0.25) is 10.0 Å². The minimum atomic E-state index is -3.90. The lowest BCUT2D eigenvalue weighted by atomic mass is 10.1. The Kier molecular flexibility index (Phi) is 6.17. The van der Waals surface area contributed by atoms with E-state index in [4.69, 9.17) is 5.11 Å². The summed E-state index contributed by atoms with van der Waals surface area (Å²) in [6.45, 7) is 4.29. The fourth-order valence-corrected chi connectivity index (χ4v) is 3.83. The van der Waals surface area contributed by atoms with Crippen LogP contribution in [0.2, 0.25) is 0 Å². The maximum atomic E-state index is 12.8. The van der Waals surface area contributed by atoms with Gasteiger partial charge in [-0.05, 0) is 37.1 Å². The summed E-state index contributed by atoms with van der Waals surface area (Å²) >= 11 is 0. The first-order valence-corrected chi connectivity index (χ1v) is 9.52. The molecule has 25 heavy (non-hydrogen) atoms. The van der Waals surface area contributed by atoms with Crippen molar-refractivity contribution in [3.05, 3.63) is 59.7 Å². The lowest BCUT2D eigenvalue weighted by molar-refractivity contribution is 0.0696. The van der Waals surface area contributed by atoms with Crippen LogP contribution in [0.3, 0.4) is 0 Å². The maximum Gasteiger partial charge on any atom is 0.335 e. The fourth-order valence-electron chi connectivity index (χ4n) is 2.39. The van der Waals surface area contributed by atoms with E-state index in [1.165, 1.54) is 18.2 Å². The van der Waals surface area contributed by atoms with E-state index in [2.05, 4.69) is 10.0 Å². The molecule has 134 valence electrons. The molecule has 0 aliphatic rings. The van der Waals surface area contributed by atoms with Gasteiger partial charge in [-0.15, -0.1) is 0 Å². The molecule has 0 aliphatic carbocycles. The van der Waals surface area contributed by atoms with Gasteiger partial charge in [0.15, 0.2) is 0 Å². The molecule has 0 saturated heterocycles. The molecule has 0 radical (unpaired) electrons. The van der Waals surface area contributed by atoms with Crippen LogP contribution in [0.25, 0.3) is 0 Å². The Morgan fingerprint density at radius 1 is 1.16 bits per heavy atom.